The van der Waals surface area contributed by atoms with Crippen molar-refractivity contribution in [3.05, 3.63) is 42.0 Å². The molecule has 37 heavy (non-hydrogen) atoms. The Labute approximate surface area is 220 Å². The molecule has 7 atom stereocenters. The Bertz CT molecular complexity index is 1070. The maximum Gasteiger partial charge on any atom is 0.246 e. The van der Waals surface area contributed by atoms with Crippen LogP contribution in [0.3, 0.4) is 0 Å². The molecule has 5 rings (SSSR count). The van der Waals surface area contributed by atoms with E-state index >= 15 is 0 Å². The lowest BCUT2D eigenvalue weighted by atomic mass is 9.74. The number of unbranched alkanes of at least 4 members (excludes halogenated alkanes) is 3. The van der Waals surface area contributed by atoms with Crippen molar-refractivity contribution in [1.82, 2.24) is 10.2 Å². The quantitative estimate of drug-likeness (QED) is 0.384. The predicted octanol–water partition coefficient (Wildman–Crippen LogP) is 4.36. The van der Waals surface area contributed by atoms with Crippen molar-refractivity contribution in [3.63, 3.8) is 0 Å². The zero-order valence-electron chi connectivity index (χ0n) is 22.4. The van der Waals surface area contributed by atoms with Gasteiger partial charge in [-0.15, -0.1) is 0 Å². The van der Waals surface area contributed by atoms with Crippen molar-refractivity contribution < 1.29 is 19.1 Å². The highest BCUT2D eigenvalue weighted by Crippen LogP contribution is 2.55. The van der Waals surface area contributed by atoms with E-state index in [0.29, 0.717) is 18.2 Å². The second-order valence-corrected chi connectivity index (χ2v) is 11.5. The van der Waals surface area contributed by atoms with Crippen LogP contribution in [0.2, 0.25) is 0 Å². The number of amides is 3. The summed E-state index contributed by atoms with van der Waals surface area (Å²) in [7, 11) is 0. The van der Waals surface area contributed by atoms with Crippen LogP contribution in [0.1, 0.15) is 70.8 Å². The average Bonchev–Trinajstić information content (AvgIpc) is 3.51. The predicted molar refractivity (Wildman–Crippen MR) is 143 cm³/mol. The fourth-order valence-electron chi connectivity index (χ4n) is 6.96. The highest BCUT2D eigenvalue weighted by atomic mass is 16.5. The summed E-state index contributed by atoms with van der Waals surface area (Å²) in [6.07, 6.45) is 11.7. The number of nitrogens with one attached hydrogen (secondary N) is 2. The van der Waals surface area contributed by atoms with E-state index in [1.807, 2.05) is 43.3 Å². The monoisotopic (exact) mass is 507 g/mol. The minimum Gasteiger partial charge on any atom is -0.359 e. The molecular formula is C30H41N3O4. The molecule has 7 heteroatoms. The van der Waals surface area contributed by atoms with Gasteiger partial charge in [-0.3, -0.25) is 14.4 Å². The molecule has 2 bridgehead atoms. The van der Waals surface area contributed by atoms with Crippen LogP contribution in [0.4, 0.5) is 5.69 Å². The van der Waals surface area contributed by atoms with Crippen molar-refractivity contribution in [1.29, 1.82) is 0 Å². The van der Waals surface area contributed by atoms with Gasteiger partial charge in [0.1, 0.15) is 11.6 Å². The summed E-state index contributed by atoms with van der Waals surface area (Å²) in [5.74, 6) is -1.46. The van der Waals surface area contributed by atoms with Crippen molar-refractivity contribution >= 4 is 23.4 Å². The Balaban J connectivity index is 1.41. The molecule has 1 spiro atoms. The van der Waals surface area contributed by atoms with E-state index < -0.39 is 29.6 Å². The van der Waals surface area contributed by atoms with E-state index in [-0.39, 0.29) is 23.8 Å². The largest absolute Gasteiger partial charge is 0.359 e. The Morgan fingerprint density at radius 3 is 2.70 bits per heavy atom. The molecule has 0 radical (unpaired) electrons. The van der Waals surface area contributed by atoms with Crippen molar-refractivity contribution in [2.24, 2.45) is 17.8 Å². The third-order valence-electron chi connectivity index (χ3n) is 8.90. The fourth-order valence-corrected chi connectivity index (χ4v) is 6.96. The number of likely N-dealkylation sites (tertiary alicyclic amines) is 1. The van der Waals surface area contributed by atoms with Crippen LogP contribution >= 0.6 is 0 Å². The molecule has 1 aliphatic carbocycles. The molecular weight excluding hydrogens is 466 g/mol. The number of fused-ring (bicyclic) bond motifs is 1. The van der Waals surface area contributed by atoms with Gasteiger partial charge < -0.3 is 20.3 Å². The first-order chi connectivity index (χ1) is 17.9. The first-order valence-corrected chi connectivity index (χ1v) is 14.2. The molecule has 1 aromatic rings. The molecule has 1 saturated carbocycles. The summed E-state index contributed by atoms with van der Waals surface area (Å²) in [6, 6.07) is 6.99. The molecule has 2 saturated heterocycles. The molecule has 1 aromatic carbocycles. The summed E-state index contributed by atoms with van der Waals surface area (Å²) in [6.45, 7) is 6.82. The number of hydrogen-bond donors (Lipinski definition) is 2. The van der Waals surface area contributed by atoms with Gasteiger partial charge in [0.15, 0.2) is 0 Å². The number of aryl methyl sites for hydroxylation is 1. The van der Waals surface area contributed by atoms with Crippen LogP contribution in [0.15, 0.2) is 36.4 Å². The number of carbonyl (C=O) groups excluding carboxylic acids is 3. The summed E-state index contributed by atoms with van der Waals surface area (Å²) < 4.78 is 6.46. The van der Waals surface area contributed by atoms with Gasteiger partial charge in [0.05, 0.1) is 17.9 Å². The van der Waals surface area contributed by atoms with Crippen LogP contribution in [-0.4, -0.2) is 53.0 Å². The van der Waals surface area contributed by atoms with Gasteiger partial charge in [-0.25, -0.2) is 0 Å². The molecule has 2 N–H and O–H groups in total. The number of benzene rings is 1. The topological polar surface area (TPSA) is 87.7 Å². The Kier molecular flexibility index (Phi) is 7.44. The molecule has 3 aliphatic heterocycles. The number of hydrogen-bond acceptors (Lipinski definition) is 4. The van der Waals surface area contributed by atoms with E-state index in [4.69, 9.17) is 4.74 Å². The zero-order valence-corrected chi connectivity index (χ0v) is 22.4. The average molecular weight is 508 g/mol. The lowest BCUT2D eigenvalue weighted by Gasteiger charge is -2.36. The highest BCUT2D eigenvalue weighted by molar-refractivity contribution is 6.02. The number of ether oxygens (including phenoxy) is 1. The first-order valence-electron chi connectivity index (χ1n) is 14.2. The van der Waals surface area contributed by atoms with Crippen molar-refractivity contribution in [3.8, 4) is 0 Å². The highest BCUT2D eigenvalue weighted by Gasteiger charge is 2.72. The SMILES string of the molecule is CCCCCCN1C(=O)C2C(C(=O)Nc3cccc(C)c3)C3C=CC2(O3)C1C(=O)NC1CCCCC1C. The lowest BCUT2D eigenvalue weighted by molar-refractivity contribution is -0.141. The van der Waals surface area contributed by atoms with Gasteiger partial charge in [-0.1, -0.05) is 70.2 Å². The second kappa shape index (κ2) is 10.6. The smallest absolute Gasteiger partial charge is 0.246 e. The van der Waals surface area contributed by atoms with E-state index in [2.05, 4.69) is 24.5 Å². The Hall–Kier alpha value is -2.67. The minimum absolute atomic E-state index is 0.108. The van der Waals surface area contributed by atoms with Crippen molar-refractivity contribution in [2.45, 2.75) is 95.9 Å². The minimum atomic E-state index is -1.09. The third-order valence-corrected chi connectivity index (χ3v) is 8.90. The number of nitrogens with zero attached hydrogens (tertiary/aromatic N) is 1. The van der Waals surface area contributed by atoms with Gasteiger partial charge in [-0.2, -0.15) is 0 Å². The van der Waals surface area contributed by atoms with Crippen molar-refractivity contribution in [2.75, 3.05) is 11.9 Å². The van der Waals surface area contributed by atoms with E-state index in [9.17, 15) is 14.4 Å². The normalized spacial score (nSPS) is 34.0. The van der Waals surface area contributed by atoms with E-state index in [0.717, 1.165) is 50.5 Å². The van der Waals surface area contributed by atoms with Crippen LogP contribution in [0.5, 0.6) is 0 Å². The Morgan fingerprint density at radius 2 is 1.95 bits per heavy atom. The molecule has 7 unspecified atom stereocenters. The van der Waals surface area contributed by atoms with Gasteiger partial charge in [0.25, 0.3) is 0 Å². The van der Waals surface area contributed by atoms with Crippen LogP contribution < -0.4 is 10.6 Å². The maximum atomic E-state index is 14.0. The van der Waals surface area contributed by atoms with Gasteiger partial charge in [-0.05, 0) is 49.8 Å². The third kappa shape index (κ3) is 4.71. The summed E-state index contributed by atoms with van der Waals surface area (Å²) in [4.78, 5) is 43.2. The van der Waals surface area contributed by atoms with Gasteiger partial charge in [0.2, 0.25) is 17.7 Å². The fraction of sp³-hybridized carbons (Fsp3) is 0.633. The summed E-state index contributed by atoms with van der Waals surface area (Å²) in [5.41, 5.74) is 0.652. The molecule has 3 heterocycles. The lowest BCUT2D eigenvalue weighted by Crippen LogP contribution is -2.57. The number of anilines is 1. The standard InChI is InChI=1S/C30H41N3O4/c1-4-5-6-9-17-33-26(28(35)32-22-14-8-7-12-20(22)3)30-16-15-23(37-30)24(25(30)29(33)36)27(34)31-21-13-10-11-19(2)18-21/h10-11,13,15-16,18,20,22-26H,4-9,12,14,17H2,1-3H3,(H,31,34)(H,32,35). The molecule has 4 aliphatic rings. The van der Waals surface area contributed by atoms with Gasteiger partial charge >= 0.3 is 0 Å². The van der Waals surface area contributed by atoms with Crippen LogP contribution in [0.25, 0.3) is 0 Å². The van der Waals surface area contributed by atoms with E-state index in [1.54, 1.807) is 4.90 Å². The zero-order chi connectivity index (χ0) is 26.2. The molecule has 3 fully saturated rings. The van der Waals surface area contributed by atoms with Gasteiger partial charge in [0, 0.05) is 18.3 Å². The number of rotatable bonds is 9. The molecule has 3 amide bonds. The van der Waals surface area contributed by atoms with Crippen LogP contribution in [-0.2, 0) is 19.1 Å². The first kappa shape index (κ1) is 26.0. The Morgan fingerprint density at radius 1 is 1.14 bits per heavy atom. The summed E-state index contributed by atoms with van der Waals surface area (Å²) in [5, 5.41) is 6.30. The summed E-state index contributed by atoms with van der Waals surface area (Å²) >= 11 is 0. The molecule has 0 aromatic heterocycles. The number of carbonyl (C=O) groups is 3. The second-order valence-electron chi connectivity index (χ2n) is 11.5. The van der Waals surface area contributed by atoms with Crippen LogP contribution in [0, 0.1) is 24.7 Å². The van der Waals surface area contributed by atoms with E-state index in [1.165, 1.54) is 6.42 Å². The maximum absolute atomic E-state index is 14.0. The molecule has 200 valence electrons. The molecule has 7 nitrogen and oxygen atoms in total.